The minimum atomic E-state index is -1.20. The number of benzene rings is 1. The molecule has 2 aromatic rings. The summed E-state index contributed by atoms with van der Waals surface area (Å²) in [5, 5.41) is 29.9. The highest BCUT2D eigenvalue weighted by Gasteiger charge is 2.15. The van der Waals surface area contributed by atoms with Crippen molar-refractivity contribution in [1.29, 1.82) is 0 Å². The largest absolute Gasteiger partial charge is 0.478 e. The number of aromatic nitrogens is 1. The smallest absolute Gasteiger partial charge is 0.335 e. The number of carbonyl (C=O) groups is 2. The van der Waals surface area contributed by atoms with Crippen molar-refractivity contribution in [3.8, 4) is 5.69 Å². The Morgan fingerprint density at radius 1 is 1.05 bits per heavy atom. The molecule has 0 radical (unpaired) electrons. The summed E-state index contributed by atoms with van der Waals surface area (Å²) < 4.78 is 1.70. The first-order valence-corrected chi connectivity index (χ1v) is 6.33. The molecule has 3 N–H and O–H groups in total. The Bertz CT molecular complexity index is 757. The van der Waals surface area contributed by atoms with Gasteiger partial charge in [-0.1, -0.05) is 5.16 Å². The van der Waals surface area contributed by atoms with Crippen LogP contribution in [0.1, 0.15) is 37.7 Å². The van der Waals surface area contributed by atoms with Crippen LogP contribution < -0.4 is 0 Å². The van der Waals surface area contributed by atoms with Crippen LogP contribution >= 0.6 is 0 Å². The molecular formula is C15H14N2O5. The van der Waals surface area contributed by atoms with Gasteiger partial charge >= 0.3 is 11.9 Å². The van der Waals surface area contributed by atoms with Crippen molar-refractivity contribution < 1.29 is 25.0 Å². The summed E-state index contributed by atoms with van der Waals surface area (Å²) in [7, 11) is 0. The predicted octanol–water partition coefficient (Wildman–Crippen LogP) is 2.30. The number of carboxylic acid groups (broad SMARTS) is 2. The van der Waals surface area contributed by atoms with Gasteiger partial charge in [-0.15, -0.1) is 0 Å². The first-order chi connectivity index (χ1) is 10.3. The van der Waals surface area contributed by atoms with Crippen LogP contribution in [0.2, 0.25) is 0 Å². The second-order valence-electron chi connectivity index (χ2n) is 4.79. The molecule has 0 aliphatic rings. The zero-order valence-corrected chi connectivity index (χ0v) is 11.9. The SMILES string of the molecule is Cc1cc(C=NO)c(C)n1-c1cc(C(=O)O)cc(C(=O)O)c1. The van der Waals surface area contributed by atoms with Gasteiger partial charge in [0.05, 0.1) is 17.3 Å². The van der Waals surface area contributed by atoms with Crippen LogP contribution in [0.5, 0.6) is 0 Å². The van der Waals surface area contributed by atoms with Crippen molar-refractivity contribution in [3.05, 3.63) is 52.3 Å². The van der Waals surface area contributed by atoms with E-state index in [-0.39, 0.29) is 11.1 Å². The van der Waals surface area contributed by atoms with Crippen molar-refractivity contribution >= 4 is 18.2 Å². The van der Waals surface area contributed by atoms with E-state index in [4.69, 9.17) is 15.4 Å². The van der Waals surface area contributed by atoms with Crippen LogP contribution in [-0.4, -0.2) is 38.1 Å². The van der Waals surface area contributed by atoms with Gasteiger partial charge in [-0.25, -0.2) is 9.59 Å². The average Bonchev–Trinajstić information content (AvgIpc) is 2.73. The molecule has 2 rings (SSSR count). The zero-order valence-electron chi connectivity index (χ0n) is 11.9. The normalized spacial score (nSPS) is 11.0. The second-order valence-corrected chi connectivity index (χ2v) is 4.79. The molecule has 7 heteroatoms. The summed E-state index contributed by atoms with van der Waals surface area (Å²) in [4.78, 5) is 22.4. The first kappa shape index (κ1) is 15.3. The van der Waals surface area contributed by atoms with Gasteiger partial charge in [-0.3, -0.25) is 0 Å². The molecule has 0 amide bonds. The standard InChI is InChI=1S/C15H14N2O5/c1-8-3-12(7-16-22)9(2)17(8)13-5-10(14(18)19)4-11(6-13)15(20)21/h3-7,22H,1-2H3,(H,18,19)(H,20,21). The highest BCUT2D eigenvalue weighted by Crippen LogP contribution is 2.22. The van der Waals surface area contributed by atoms with Gasteiger partial charge < -0.3 is 20.0 Å². The van der Waals surface area contributed by atoms with Crippen molar-refractivity contribution in [3.63, 3.8) is 0 Å². The lowest BCUT2D eigenvalue weighted by atomic mass is 10.1. The predicted molar refractivity (Wildman–Crippen MR) is 78.5 cm³/mol. The maximum Gasteiger partial charge on any atom is 0.335 e. The van der Waals surface area contributed by atoms with Crippen LogP contribution in [-0.2, 0) is 0 Å². The molecule has 1 aromatic carbocycles. The number of carboxylic acids is 2. The Labute approximate surface area is 125 Å². The monoisotopic (exact) mass is 302 g/mol. The molecule has 0 bridgehead atoms. The van der Waals surface area contributed by atoms with Crippen LogP contribution in [0.25, 0.3) is 5.69 Å². The van der Waals surface area contributed by atoms with Crippen LogP contribution in [0, 0.1) is 13.8 Å². The summed E-state index contributed by atoms with van der Waals surface area (Å²) in [5.74, 6) is -2.41. The van der Waals surface area contributed by atoms with E-state index in [1.165, 1.54) is 18.3 Å². The Balaban J connectivity index is 2.72. The van der Waals surface area contributed by atoms with Crippen LogP contribution in [0.4, 0.5) is 0 Å². The summed E-state index contributed by atoms with van der Waals surface area (Å²) in [6, 6.07) is 5.66. The molecule has 0 aliphatic heterocycles. The maximum atomic E-state index is 11.2. The summed E-state index contributed by atoms with van der Waals surface area (Å²) in [6.07, 6.45) is 1.26. The third kappa shape index (κ3) is 2.69. The second kappa shape index (κ2) is 5.72. The minimum absolute atomic E-state index is 0.111. The molecule has 1 aromatic heterocycles. The summed E-state index contributed by atoms with van der Waals surface area (Å²) in [6.45, 7) is 3.55. The molecule has 0 aliphatic carbocycles. The van der Waals surface area contributed by atoms with E-state index in [0.717, 1.165) is 11.8 Å². The van der Waals surface area contributed by atoms with E-state index in [0.29, 0.717) is 16.9 Å². The summed E-state index contributed by atoms with van der Waals surface area (Å²) >= 11 is 0. The van der Waals surface area contributed by atoms with Crippen LogP contribution in [0.3, 0.4) is 0 Å². The van der Waals surface area contributed by atoms with E-state index >= 15 is 0 Å². The number of nitrogens with zero attached hydrogens (tertiary/aromatic N) is 2. The van der Waals surface area contributed by atoms with E-state index in [1.54, 1.807) is 24.5 Å². The molecule has 0 unspecified atom stereocenters. The number of aromatic carboxylic acids is 2. The van der Waals surface area contributed by atoms with Crippen molar-refractivity contribution in [2.24, 2.45) is 5.16 Å². The van der Waals surface area contributed by atoms with Gasteiger partial charge in [0.15, 0.2) is 0 Å². The molecule has 114 valence electrons. The van der Waals surface area contributed by atoms with Gasteiger partial charge in [-0.05, 0) is 38.1 Å². The highest BCUT2D eigenvalue weighted by atomic mass is 16.4. The molecular weight excluding hydrogens is 288 g/mol. The minimum Gasteiger partial charge on any atom is -0.478 e. The number of hydrogen-bond donors (Lipinski definition) is 3. The summed E-state index contributed by atoms with van der Waals surface area (Å²) in [5.41, 5.74) is 2.31. The van der Waals surface area contributed by atoms with E-state index in [2.05, 4.69) is 5.16 Å². The van der Waals surface area contributed by atoms with E-state index in [1.807, 2.05) is 0 Å². The zero-order chi connectivity index (χ0) is 16.4. The molecule has 0 spiro atoms. The lowest BCUT2D eigenvalue weighted by Crippen LogP contribution is -2.07. The van der Waals surface area contributed by atoms with Gasteiger partial charge in [0.2, 0.25) is 0 Å². The van der Waals surface area contributed by atoms with Crippen LogP contribution in [0.15, 0.2) is 29.4 Å². The Kier molecular flexibility index (Phi) is 3.98. The Morgan fingerprint density at radius 3 is 2.05 bits per heavy atom. The molecule has 1 heterocycles. The third-order valence-corrected chi connectivity index (χ3v) is 3.34. The fourth-order valence-corrected chi connectivity index (χ4v) is 2.37. The lowest BCUT2D eigenvalue weighted by molar-refractivity contribution is 0.0696. The number of oxime groups is 1. The molecule has 0 atom stereocenters. The van der Waals surface area contributed by atoms with Crippen molar-refractivity contribution in [1.82, 2.24) is 4.57 Å². The van der Waals surface area contributed by atoms with Gasteiger partial charge in [0.25, 0.3) is 0 Å². The molecule has 0 saturated carbocycles. The number of hydrogen-bond acceptors (Lipinski definition) is 4. The highest BCUT2D eigenvalue weighted by molar-refractivity contribution is 5.95. The molecule has 0 fully saturated rings. The molecule has 22 heavy (non-hydrogen) atoms. The fourth-order valence-electron chi connectivity index (χ4n) is 2.37. The van der Waals surface area contributed by atoms with Crippen molar-refractivity contribution in [2.45, 2.75) is 13.8 Å². The molecule has 0 saturated heterocycles. The van der Waals surface area contributed by atoms with Crippen molar-refractivity contribution in [2.75, 3.05) is 0 Å². The Hall–Kier alpha value is -3.09. The number of rotatable bonds is 4. The van der Waals surface area contributed by atoms with E-state index < -0.39 is 11.9 Å². The quantitative estimate of drug-likeness (QED) is 0.456. The third-order valence-electron chi connectivity index (χ3n) is 3.34. The fraction of sp³-hybridized carbons (Fsp3) is 0.133. The topological polar surface area (TPSA) is 112 Å². The molecule has 7 nitrogen and oxygen atoms in total. The van der Waals surface area contributed by atoms with E-state index in [9.17, 15) is 9.59 Å². The van der Waals surface area contributed by atoms with Gasteiger partial charge in [0, 0.05) is 22.6 Å². The van der Waals surface area contributed by atoms with Gasteiger partial charge in [0.1, 0.15) is 0 Å². The Morgan fingerprint density at radius 2 is 1.59 bits per heavy atom. The van der Waals surface area contributed by atoms with Gasteiger partial charge in [-0.2, -0.15) is 0 Å². The first-order valence-electron chi connectivity index (χ1n) is 6.33. The lowest BCUT2D eigenvalue weighted by Gasteiger charge is -2.11. The maximum absolute atomic E-state index is 11.2. The number of aryl methyl sites for hydroxylation is 1. The average molecular weight is 302 g/mol.